The number of halogens is 1. The summed E-state index contributed by atoms with van der Waals surface area (Å²) in [4.78, 5) is 20.9. The van der Waals surface area contributed by atoms with Crippen LogP contribution in [0.3, 0.4) is 0 Å². The number of hydrogen-bond donors (Lipinski definition) is 0. The third-order valence-corrected chi connectivity index (χ3v) is 6.56. The molecule has 0 radical (unpaired) electrons. The molecule has 6 heteroatoms. The number of hydrogen-bond acceptors (Lipinski definition) is 4. The van der Waals surface area contributed by atoms with Gasteiger partial charge in [-0.05, 0) is 28.8 Å². The van der Waals surface area contributed by atoms with Crippen molar-refractivity contribution in [3.8, 4) is 11.3 Å². The Morgan fingerprint density at radius 3 is 2.15 bits per heavy atom. The number of rotatable bonds is 7. The largest absolute Gasteiger partial charge is 0.289 e. The van der Waals surface area contributed by atoms with Gasteiger partial charge in [-0.25, -0.2) is 4.98 Å². The van der Waals surface area contributed by atoms with E-state index in [2.05, 4.69) is 17.0 Å². The number of fused-ring (bicyclic) bond motifs is 1. The van der Waals surface area contributed by atoms with Crippen LogP contribution in [0.4, 0.5) is 0 Å². The van der Waals surface area contributed by atoms with E-state index in [0.29, 0.717) is 11.5 Å². The van der Waals surface area contributed by atoms with Crippen LogP contribution in [-0.4, -0.2) is 14.3 Å². The molecule has 4 nitrogen and oxygen atoms in total. The van der Waals surface area contributed by atoms with E-state index in [1.165, 1.54) is 16.9 Å². The molecule has 3 aromatic carbocycles. The molecule has 0 aliphatic rings. The van der Waals surface area contributed by atoms with E-state index < -0.39 is 0 Å². The number of aromatic nitrogens is 2. The van der Waals surface area contributed by atoms with Crippen LogP contribution in [0.2, 0.25) is 5.02 Å². The molecule has 0 aliphatic carbocycles. The van der Waals surface area contributed by atoms with Crippen molar-refractivity contribution in [2.24, 2.45) is 0 Å². The van der Waals surface area contributed by atoms with Gasteiger partial charge in [0.2, 0.25) is 0 Å². The predicted octanol–water partition coefficient (Wildman–Crippen LogP) is 6.28. The van der Waals surface area contributed by atoms with Crippen LogP contribution in [0.1, 0.15) is 16.8 Å². The summed E-state index contributed by atoms with van der Waals surface area (Å²) < 4.78 is 1.70. The van der Waals surface area contributed by atoms with Crippen LogP contribution in [-0.2, 0) is 19.6 Å². The summed E-state index contributed by atoms with van der Waals surface area (Å²) in [6.45, 7) is 2.05. The Morgan fingerprint density at radius 2 is 1.45 bits per heavy atom. The molecule has 0 fully saturated rings. The Morgan fingerprint density at radius 1 is 0.818 bits per heavy atom. The first-order chi connectivity index (χ1) is 16.2. The van der Waals surface area contributed by atoms with Gasteiger partial charge in [0.15, 0.2) is 4.96 Å². The number of thiazole rings is 1. The molecule has 0 saturated heterocycles. The van der Waals surface area contributed by atoms with E-state index >= 15 is 0 Å². The first-order valence-corrected chi connectivity index (χ1v) is 12.0. The molecular formula is C27H22ClN3OS. The topological polar surface area (TPSA) is 37.6 Å². The lowest BCUT2D eigenvalue weighted by molar-refractivity contribution is 0.245. The second-order valence-electron chi connectivity index (χ2n) is 7.95. The molecule has 5 aromatic rings. The minimum Gasteiger partial charge on any atom is -0.289 e. The normalized spacial score (nSPS) is 11.3. The zero-order valence-electron chi connectivity index (χ0n) is 17.9. The minimum absolute atomic E-state index is 0.0544. The van der Waals surface area contributed by atoms with Crippen molar-refractivity contribution >= 4 is 27.9 Å². The molecule has 5 rings (SSSR count). The Kier molecular flexibility index (Phi) is 6.35. The van der Waals surface area contributed by atoms with Crippen molar-refractivity contribution in [1.29, 1.82) is 0 Å². The summed E-state index contributed by atoms with van der Waals surface area (Å²) in [6.07, 6.45) is 0. The maximum absolute atomic E-state index is 13.1. The quantitative estimate of drug-likeness (QED) is 0.280. The van der Waals surface area contributed by atoms with Crippen molar-refractivity contribution in [3.63, 3.8) is 0 Å². The van der Waals surface area contributed by atoms with E-state index in [-0.39, 0.29) is 5.56 Å². The zero-order chi connectivity index (χ0) is 22.6. The van der Waals surface area contributed by atoms with Gasteiger partial charge in [0, 0.05) is 36.1 Å². The maximum atomic E-state index is 13.1. The van der Waals surface area contributed by atoms with Crippen LogP contribution in [0.25, 0.3) is 16.2 Å². The number of nitrogens with zero attached hydrogens (tertiary/aromatic N) is 3. The van der Waals surface area contributed by atoms with Gasteiger partial charge in [-0.2, -0.15) is 0 Å². The SMILES string of the molecule is O=c1cc(CN(Cc2ccccc2)Cc2ccc(Cl)cc2)nc2scc(-c3ccccc3)n12. The fourth-order valence-corrected chi connectivity index (χ4v) is 4.99. The second kappa shape index (κ2) is 9.71. The molecular weight excluding hydrogens is 450 g/mol. The molecule has 0 atom stereocenters. The zero-order valence-corrected chi connectivity index (χ0v) is 19.5. The van der Waals surface area contributed by atoms with Crippen LogP contribution in [0.5, 0.6) is 0 Å². The highest BCUT2D eigenvalue weighted by atomic mass is 35.5. The van der Waals surface area contributed by atoms with Gasteiger partial charge in [0.05, 0.1) is 11.4 Å². The average Bonchev–Trinajstić information content (AvgIpc) is 3.26. The smallest absolute Gasteiger partial charge is 0.259 e. The molecule has 0 spiro atoms. The monoisotopic (exact) mass is 471 g/mol. The third-order valence-electron chi connectivity index (χ3n) is 5.48. The molecule has 2 aromatic heterocycles. The molecule has 0 saturated carbocycles. The fourth-order valence-electron chi connectivity index (χ4n) is 3.94. The fraction of sp³-hybridized carbons (Fsp3) is 0.111. The highest BCUT2D eigenvalue weighted by Crippen LogP contribution is 2.24. The van der Waals surface area contributed by atoms with Crippen molar-refractivity contribution < 1.29 is 0 Å². The van der Waals surface area contributed by atoms with E-state index in [9.17, 15) is 4.79 Å². The van der Waals surface area contributed by atoms with Crippen LogP contribution in [0.15, 0.2) is 101 Å². The first kappa shape index (κ1) is 21.6. The summed E-state index contributed by atoms with van der Waals surface area (Å²) >= 11 is 7.56. The summed E-state index contributed by atoms with van der Waals surface area (Å²) in [5.41, 5.74) is 4.98. The Balaban J connectivity index is 1.46. The first-order valence-electron chi connectivity index (χ1n) is 10.7. The van der Waals surface area contributed by atoms with Crippen LogP contribution >= 0.6 is 22.9 Å². The predicted molar refractivity (Wildman–Crippen MR) is 136 cm³/mol. The summed E-state index contributed by atoms with van der Waals surface area (Å²) in [5, 5.41) is 2.72. The lowest BCUT2D eigenvalue weighted by atomic mass is 10.1. The maximum Gasteiger partial charge on any atom is 0.259 e. The number of benzene rings is 3. The molecule has 2 heterocycles. The van der Waals surface area contributed by atoms with E-state index in [4.69, 9.17) is 16.6 Å². The van der Waals surface area contributed by atoms with Crippen molar-refractivity contribution in [2.75, 3.05) is 0 Å². The molecule has 0 N–H and O–H groups in total. The molecule has 0 unspecified atom stereocenters. The van der Waals surface area contributed by atoms with Gasteiger partial charge >= 0.3 is 0 Å². The Labute approximate surface area is 201 Å². The van der Waals surface area contributed by atoms with Crippen molar-refractivity contribution in [2.45, 2.75) is 19.6 Å². The average molecular weight is 472 g/mol. The second-order valence-corrected chi connectivity index (χ2v) is 9.22. The van der Waals surface area contributed by atoms with Gasteiger partial charge in [-0.15, -0.1) is 11.3 Å². The molecule has 164 valence electrons. The van der Waals surface area contributed by atoms with Gasteiger partial charge < -0.3 is 0 Å². The molecule has 33 heavy (non-hydrogen) atoms. The van der Waals surface area contributed by atoms with Gasteiger partial charge in [0.25, 0.3) is 5.56 Å². The van der Waals surface area contributed by atoms with Crippen LogP contribution in [0, 0.1) is 0 Å². The van der Waals surface area contributed by atoms with Gasteiger partial charge in [0.1, 0.15) is 0 Å². The highest BCUT2D eigenvalue weighted by molar-refractivity contribution is 7.15. The van der Waals surface area contributed by atoms with Crippen molar-refractivity contribution in [1.82, 2.24) is 14.3 Å². The van der Waals surface area contributed by atoms with E-state index in [0.717, 1.165) is 40.6 Å². The van der Waals surface area contributed by atoms with Gasteiger partial charge in [-0.1, -0.05) is 84.4 Å². The highest BCUT2D eigenvalue weighted by Gasteiger charge is 2.14. The summed E-state index contributed by atoms with van der Waals surface area (Å²) in [6, 6.07) is 29.8. The van der Waals surface area contributed by atoms with E-state index in [1.54, 1.807) is 10.5 Å². The minimum atomic E-state index is -0.0544. The third kappa shape index (κ3) is 5.06. The molecule has 0 amide bonds. The lowest BCUT2D eigenvalue weighted by Gasteiger charge is -2.22. The van der Waals surface area contributed by atoms with Crippen molar-refractivity contribution in [3.05, 3.63) is 129 Å². The summed E-state index contributed by atoms with van der Waals surface area (Å²) in [5.74, 6) is 0. The summed E-state index contributed by atoms with van der Waals surface area (Å²) in [7, 11) is 0. The Bertz CT molecular complexity index is 1410. The van der Waals surface area contributed by atoms with Crippen LogP contribution < -0.4 is 5.56 Å². The molecule has 0 aliphatic heterocycles. The van der Waals surface area contributed by atoms with E-state index in [1.807, 2.05) is 78.2 Å². The van der Waals surface area contributed by atoms with Gasteiger partial charge in [-0.3, -0.25) is 14.1 Å². The lowest BCUT2D eigenvalue weighted by Crippen LogP contribution is -2.25. The Hall–Kier alpha value is -3.25. The molecule has 0 bridgehead atoms. The standard InChI is InChI=1S/C27H22ClN3OS/c28-23-13-11-21(12-14-23)17-30(16-20-7-3-1-4-8-20)18-24-15-26(32)31-25(19-33-27(31)29-24)22-9-5-2-6-10-22/h1-15,19H,16-18H2.